The molecule has 1 heterocycles. The van der Waals surface area contributed by atoms with Crippen molar-refractivity contribution < 1.29 is 0 Å². The van der Waals surface area contributed by atoms with E-state index in [1.807, 2.05) is 23.5 Å². The maximum atomic E-state index is 4.44. The maximum Gasteiger partial charge on any atom is 0.00923 e. The maximum absolute atomic E-state index is 4.44. The molecule has 0 spiro atoms. The highest BCUT2D eigenvalue weighted by molar-refractivity contribution is 7.80. The van der Waals surface area contributed by atoms with E-state index in [9.17, 15) is 0 Å². The summed E-state index contributed by atoms with van der Waals surface area (Å²) in [6.07, 6.45) is 0.998. The van der Waals surface area contributed by atoms with Gasteiger partial charge in [-0.1, -0.05) is 18.2 Å². The Kier molecular flexibility index (Phi) is 2.94. The van der Waals surface area contributed by atoms with Crippen LogP contribution in [0.5, 0.6) is 0 Å². The van der Waals surface area contributed by atoms with E-state index in [0.29, 0.717) is 0 Å². The first kappa shape index (κ1) is 9.81. The van der Waals surface area contributed by atoms with E-state index < -0.39 is 0 Å². The van der Waals surface area contributed by atoms with Gasteiger partial charge in [-0.2, -0.15) is 0 Å². The summed E-state index contributed by atoms with van der Waals surface area (Å²) < 4.78 is 0. The molecule has 0 unspecified atom stereocenters. The molecule has 0 amide bonds. The van der Waals surface area contributed by atoms with Crippen LogP contribution in [-0.4, -0.2) is 0 Å². The molecule has 1 aromatic heterocycles. The normalized spacial score (nSPS) is 10.4. The van der Waals surface area contributed by atoms with Gasteiger partial charge in [-0.05, 0) is 30.7 Å². The zero-order chi connectivity index (χ0) is 9.97. The van der Waals surface area contributed by atoms with Crippen LogP contribution in [0.1, 0.15) is 15.3 Å². The summed E-state index contributed by atoms with van der Waals surface area (Å²) in [7, 11) is 0. The van der Waals surface area contributed by atoms with Crippen LogP contribution in [0.3, 0.4) is 0 Å². The molecule has 0 saturated carbocycles. The summed E-state index contributed by atoms with van der Waals surface area (Å²) in [5.74, 6) is 0. The fraction of sp³-hybridized carbons (Fsp3) is 0.167. The predicted molar refractivity (Wildman–Crippen MR) is 65.6 cm³/mol. The van der Waals surface area contributed by atoms with Gasteiger partial charge in [-0.15, -0.1) is 24.0 Å². The highest BCUT2D eigenvalue weighted by Gasteiger charge is 2.01. The highest BCUT2D eigenvalue weighted by atomic mass is 32.1. The lowest BCUT2D eigenvalue weighted by Gasteiger charge is -2.01. The molecule has 0 N–H and O–H groups in total. The van der Waals surface area contributed by atoms with E-state index in [1.54, 1.807) is 0 Å². The Morgan fingerprint density at radius 1 is 1.14 bits per heavy atom. The fourth-order valence-corrected chi connectivity index (χ4v) is 2.58. The monoisotopic (exact) mass is 220 g/mol. The van der Waals surface area contributed by atoms with Crippen molar-refractivity contribution in [2.24, 2.45) is 0 Å². The number of thiol groups is 1. The van der Waals surface area contributed by atoms with Gasteiger partial charge in [-0.3, -0.25) is 0 Å². The molecule has 0 aliphatic carbocycles. The van der Waals surface area contributed by atoms with E-state index in [1.165, 1.54) is 15.3 Å². The Morgan fingerprint density at radius 3 is 2.57 bits per heavy atom. The SMILES string of the molecule is Cc1ccc(Cc2ccccc2S)s1. The Labute approximate surface area is 94.0 Å². The number of thiophene rings is 1. The van der Waals surface area contributed by atoms with Gasteiger partial charge < -0.3 is 0 Å². The second-order valence-electron chi connectivity index (χ2n) is 3.32. The standard InChI is InChI=1S/C12H12S2/c1-9-6-7-11(14-9)8-10-4-2-3-5-12(10)13/h2-7,13H,8H2,1H3. The van der Waals surface area contributed by atoms with E-state index in [4.69, 9.17) is 0 Å². The minimum absolute atomic E-state index is 0.998. The summed E-state index contributed by atoms with van der Waals surface area (Å²) >= 11 is 6.30. The lowest BCUT2D eigenvalue weighted by molar-refractivity contribution is 1.16. The predicted octanol–water partition coefficient (Wildman–Crippen LogP) is 3.94. The molecule has 0 aliphatic heterocycles. The van der Waals surface area contributed by atoms with E-state index in [-0.39, 0.29) is 0 Å². The van der Waals surface area contributed by atoms with Crippen molar-refractivity contribution in [1.82, 2.24) is 0 Å². The first-order valence-corrected chi connectivity index (χ1v) is 5.84. The van der Waals surface area contributed by atoms with Crippen molar-refractivity contribution in [3.63, 3.8) is 0 Å². The third kappa shape index (κ3) is 2.20. The van der Waals surface area contributed by atoms with Crippen LogP contribution in [0.25, 0.3) is 0 Å². The third-order valence-electron chi connectivity index (χ3n) is 2.15. The average Bonchev–Trinajstić information content (AvgIpc) is 2.56. The summed E-state index contributed by atoms with van der Waals surface area (Å²) in [4.78, 5) is 3.86. The molecule has 72 valence electrons. The van der Waals surface area contributed by atoms with Crippen LogP contribution >= 0.6 is 24.0 Å². The third-order valence-corrected chi connectivity index (χ3v) is 3.59. The number of benzene rings is 1. The van der Waals surface area contributed by atoms with Crippen molar-refractivity contribution in [3.8, 4) is 0 Å². The van der Waals surface area contributed by atoms with E-state index in [2.05, 4.69) is 43.8 Å². The average molecular weight is 220 g/mol. The van der Waals surface area contributed by atoms with Gasteiger partial charge in [0, 0.05) is 21.1 Å². The van der Waals surface area contributed by atoms with Crippen molar-refractivity contribution in [2.45, 2.75) is 18.2 Å². The molecule has 2 rings (SSSR count). The van der Waals surface area contributed by atoms with E-state index in [0.717, 1.165) is 11.3 Å². The molecule has 0 nitrogen and oxygen atoms in total. The molecular formula is C12H12S2. The lowest BCUT2D eigenvalue weighted by Crippen LogP contribution is -1.85. The van der Waals surface area contributed by atoms with Crippen LogP contribution in [-0.2, 0) is 6.42 Å². The van der Waals surface area contributed by atoms with Crippen LogP contribution in [0.4, 0.5) is 0 Å². The van der Waals surface area contributed by atoms with Gasteiger partial charge in [0.25, 0.3) is 0 Å². The Balaban J connectivity index is 2.23. The topological polar surface area (TPSA) is 0 Å². The number of aryl methyl sites for hydroxylation is 1. The second kappa shape index (κ2) is 4.20. The summed E-state index contributed by atoms with van der Waals surface area (Å²) in [6, 6.07) is 12.6. The van der Waals surface area contributed by atoms with Gasteiger partial charge in [-0.25, -0.2) is 0 Å². The van der Waals surface area contributed by atoms with Gasteiger partial charge >= 0.3 is 0 Å². The van der Waals surface area contributed by atoms with Crippen LogP contribution in [0.15, 0.2) is 41.3 Å². The molecule has 0 fully saturated rings. The zero-order valence-electron chi connectivity index (χ0n) is 8.03. The molecule has 0 radical (unpaired) electrons. The molecule has 1 aromatic carbocycles. The number of rotatable bonds is 2. The van der Waals surface area contributed by atoms with Gasteiger partial charge in [0.05, 0.1) is 0 Å². The minimum atomic E-state index is 0.998. The van der Waals surface area contributed by atoms with Crippen LogP contribution in [0.2, 0.25) is 0 Å². The summed E-state index contributed by atoms with van der Waals surface area (Å²) in [6.45, 7) is 2.14. The second-order valence-corrected chi connectivity index (χ2v) is 5.17. The molecular weight excluding hydrogens is 208 g/mol. The Bertz CT molecular complexity index is 429. The van der Waals surface area contributed by atoms with Crippen molar-refractivity contribution in [3.05, 3.63) is 51.7 Å². The molecule has 0 atom stereocenters. The van der Waals surface area contributed by atoms with Gasteiger partial charge in [0.15, 0.2) is 0 Å². The summed E-state index contributed by atoms with van der Waals surface area (Å²) in [5.41, 5.74) is 1.30. The fourth-order valence-electron chi connectivity index (χ4n) is 1.43. The largest absolute Gasteiger partial charge is 0.145 e. The number of hydrogen-bond acceptors (Lipinski definition) is 2. The molecule has 0 saturated heterocycles. The molecule has 0 bridgehead atoms. The van der Waals surface area contributed by atoms with Crippen LogP contribution in [0, 0.1) is 6.92 Å². The smallest absolute Gasteiger partial charge is 0.00923 e. The Morgan fingerprint density at radius 2 is 1.93 bits per heavy atom. The lowest BCUT2D eigenvalue weighted by atomic mass is 10.1. The molecule has 2 aromatic rings. The molecule has 2 heteroatoms. The zero-order valence-corrected chi connectivity index (χ0v) is 9.74. The van der Waals surface area contributed by atoms with Crippen LogP contribution < -0.4 is 0 Å². The quantitative estimate of drug-likeness (QED) is 0.728. The summed E-state index contributed by atoms with van der Waals surface area (Å²) in [5, 5.41) is 0. The Hall–Kier alpha value is -0.730. The molecule has 14 heavy (non-hydrogen) atoms. The van der Waals surface area contributed by atoms with Crippen molar-refractivity contribution in [2.75, 3.05) is 0 Å². The van der Waals surface area contributed by atoms with Gasteiger partial charge in [0.1, 0.15) is 0 Å². The van der Waals surface area contributed by atoms with E-state index >= 15 is 0 Å². The molecule has 0 aliphatic rings. The van der Waals surface area contributed by atoms with Crippen molar-refractivity contribution >= 4 is 24.0 Å². The van der Waals surface area contributed by atoms with Crippen molar-refractivity contribution in [1.29, 1.82) is 0 Å². The first-order valence-electron chi connectivity index (χ1n) is 4.58. The minimum Gasteiger partial charge on any atom is -0.145 e. The highest BCUT2D eigenvalue weighted by Crippen LogP contribution is 2.22. The van der Waals surface area contributed by atoms with Gasteiger partial charge in [0.2, 0.25) is 0 Å². The number of hydrogen-bond donors (Lipinski definition) is 1. The first-order chi connectivity index (χ1) is 6.75.